The number of hydrogen-bond donors (Lipinski definition) is 1. The monoisotopic (exact) mass is 297 g/mol. The number of rotatable bonds is 4. The number of carboxylic acid groups (broad SMARTS) is 1. The number of aliphatic carboxylic acids is 1. The summed E-state index contributed by atoms with van der Waals surface area (Å²) in [7, 11) is 0. The summed E-state index contributed by atoms with van der Waals surface area (Å²) in [4.78, 5) is 15.3. The average Bonchev–Trinajstić information content (AvgIpc) is 2.92. The molecule has 0 aliphatic rings. The Morgan fingerprint density at radius 2 is 1.91 bits per heavy atom. The van der Waals surface area contributed by atoms with Crippen molar-refractivity contribution in [3.8, 4) is 0 Å². The third-order valence-corrected chi connectivity index (χ3v) is 3.15. The first-order chi connectivity index (χ1) is 10.6. The van der Waals surface area contributed by atoms with Crippen molar-refractivity contribution in [2.45, 2.75) is 6.42 Å². The van der Waals surface area contributed by atoms with Gasteiger partial charge in [0.2, 0.25) is 5.89 Å². The molecule has 0 spiro atoms. The van der Waals surface area contributed by atoms with Crippen molar-refractivity contribution in [3.05, 3.63) is 65.8 Å². The van der Waals surface area contributed by atoms with Gasteiger partial charge in [-0.05, 0) is 24.3 Å². The molecule has 4 nitrogen and oxygen atoms in total. The molecule has 0 atom stereocenters. The largest absolute Gasteiger partial charge is 0.481 e. The first kappa shape index (κ1) is 14.0. The fraction of sp³-hybridized carbons (Fsp3) is 0.0588. The maximum absolute atomic E-state index is 13.8. The number of para-hydroxylation sites is 2. The van der Waals surface area contributed by atoms with Crippen LogP contribution in [0.25, 0.3) is 22.7 Å². The van der Waals surface area contributed by atoms with Crippen LogP contribution in [0.4, 0.5) is 4.39 Å². The van der Waals surface area contributed by atoms with Gasteiger partial charge in [-0.15, -0.1) is 0 Å². The molecule has 110 valence electrons. The number of carboxylic acids is 1. The maximum atomic E-state index is 13.8. The topological polar surface area (TPSA) is 63.3 Å². The highest BCUT2D eigenvalue weighted by Gasteiger charge is 2.15. The number of halogens is 1. The number of carbonyl (C=O) groups is 1. The highest BCUT2D eigenvalue weighted by Crippen LogP contribution is 2.26. The smallest absolute Gasteiger partial charge is 0.308 e. The van der Waals surface area contributed by atoms with Crippen molar-refractivity contribution >= 4 is 28.7 Å². The Balaban J connectivity index is 2.10. The standard InChI is InChI=1S/C17H12FNO3/c18-13-6-2-1-5-11(13)9-12(10-16(20)21)17-19-14-7-3-4-8-15(14)22-17/h1-9H,10H2,(H,20,21)/b12-9+. The number of hydrogen-bond acceptors (Lipinski definition) is 3. The molecule has 0 aliphatic heterocycles. The summed E-state index contributed by atoms with van der Waals surface area (Å²) < 4.78 is 19.3. The van der Waals surface area contributed by atoms with Crippen molar-refractivity contribution in [2.24, 2.45) is 0 Å². The lowest BCUT2D eigenvalue weighted by molar-refractivity contribution is -0.135. The zero-order valence-corrected chi connectivity index (χ0v) is 11.5. The molecule has 1 N–H and O–H groups in total. The van der Waals surface area contributed by atoms with Crippen LogP contribution in [0, 0.1) is 5.82 Å². The molecule has 1 heterocycles. The molecule has 0 aliphatic carbocycles. The Kier molecular flexibility index (Phi) is 3.70. The Morgan fingerprint density at radius 1 is 1.18 bits per heavy atom. The summed E-state index contributed by atoms with van der Waals surface area (Å²) in [6, 6.07) is 13.3. The normalized spacial score (nSPS) is 11.8. The van der Waals surface area contributed by atoms with Crippen LogP contribution in [0.2, 0.25) is 0 Å². The molecule has 5 heteroatoms. The second-order valence-corrected chi connectivity index (χ2v) is 4.75. The first-order valence-electron chi connectivity index (χ1n) is 6.66. The van der Waals surface area contributed by atoms with E-state index < -0.39 is 11.8 Å². The van der Waals surface area contributed by atoms with Gasteiger partial charge in [0.05, 0.1) is 6.42 Å². The lowest BCUT2D eigenvalue weighted by Gasteiger charge is -2.01. The number of benzene rings is 2. The van der Waals surface area contributed by atoms with Gasteiger partial charge in [0.15, 0.2) is 5.58 Å². The molecular formula is C17H12FNO3. The molecule has 0 saturated heterocycles. The van der Waals surface area contributed by atoms with Crippen LogP contribution in [-0.2, 0) is 4.79 Å². The summed E-state index contributed by atoms with van der Waals surface area (Å²) in [5.74, 6) is -1.28. The van der Waals surface area contributed by atoms with Crippen LogP contribution in [0.5, 0.6) is 0 Å². The third-order valence-electron chi connectivity index (χ3n) is 3.15. The lowest BCUT2D eigenvalue weighted by atomic mass is 10.1. The number of oxazole rings is 1. The van der Waals surface area contributed by atoms with Crippen LogP contribution in [0.15, 0.2) is 52.9 Å². The van der Waals surface area contributed by atoms with E-state index in [0.29, 0.717) is 22.2 Å². The van der Waals surface area contributed by atoms with Crippen LogP contribution in [0.3, 0.4) is 0 Å². The van der Waals surface area contributed by atoms with E-state index in [-0.39, 0.29) is 12.3 Å². The molecule has 3 rings (SSSR count). The van der Waals surface area contributed by atoms with Crippen molar-refractivity contribution in [3.63, 3.8) is 0 Å². The minimum atomic E-state index is -1.04. The van der Waals surface area contributed by atoms with E-state index in [4.69, 9.17) is 9.52 Å². The van der Waals surface area contributed by atoms with Gasteiger partial charge in [0.1, 0.15) is 11.3 Å². The quantitative estimate of drug-likeness (QED) is 0.791. The molecule has 0 saturated carbocycles. The summed E-state index contributed by atoms with van der Waals surface area (Å²) in [6.45, 7) is 0. The Bertz CT molecular complexity index is 834. The highest BCUT2D eigenvalue weighted by atomic mass is 19.1. The van der Waals surface area contributed by atoms with E-state index in [9.17, 15) is 9.18 Å². The second-order valence-electron chi connectivity index (χ2n) is 4.75. The number of aromatic nitrogens is 1. The molecule has 0 radical (unpaired) electrons. The van der Waals surface area contributed by atoms with Crippen molar-refractivity contribution in [2.75, 3.05) is 0 Å². The predicted molar refractivity (Wildman–Crippen MR) is 80.5 cm³/mol. The zero-order chi connectivity index (χ0) is 15.5. The van der Waals surface area contributed by atoms with Crippen LogP contribution >= 0.6 is 0 Å². The molecule has 22 heavy (non-hydrogen) atoms. The van der Waals surface area contributed by atoms with Gasteiger partial charge < -0.3 is 9.52 Å². The van der Waals surface area contributed by atoms with Gasteiger partial charge in [0, 0.05) is 11.1 Å². The Labute approximate surface area is 125 Å². The van der Waals surface area contributed by atoms with Crippen LogP contribution in [-0.4, -0.2) is 16.1 Å². The minimum Gasteiger partial charge on any atom is -0.481 e. The molecule has 0 unspecified atom stereocenters. The fourth-order valence-corrected chi connectivity index (χ4v) is 2.14. The SMILES string of the molecule is O=C(O)C/C(=C\c1ccccc1F)c1nc2ccccc2o1. The van der Waals surface area contributed by atoms with E-state index in [2.05, 4.69) is 4.98 Å². The zero-order valence-electron chi connectivity index (χ0n) is 11.5. The average molecular weight is 297 g/mol. The maximum Gasteiger partial charge on any atom is 0.308 e. The summed E-state index contributed by atoms with van der Waals surface area (Å²) in [5.41, 5.74) is 1.79. The van der Waals surface area contributed by atoms with Gasteiger partial charge in [0.25, 0.3) is 0 Å². The third kappa shape index (κ3) is 2.88. The van der Waals surface area contributed by atoms with E-state index >= 15 is 0 Å². The van der Waals surface area contributed by atoms with Crippen LogP contribution < -0.4 is 0 Å². The summed E-state index contributed by atoms with van der Waals surface area (Å²) in [6.07, 6.45) is 1.15. The molecule has 1 aromatic heterocycles. The van der Waals surface area contributed by atoms with Gasteiger partial charge in [-0.3, -0.25) is 4.79 Å². The van der Waals surface area contributed by atoms with E-state index in [1.54, 1.807) is 36.4 Å². The number of fused-ring (bicyclic) bond motifs is 1. The number of nitrogens with zero attached hydrogens (tertiary/aromatic N) is 1. The molecule has 3 aromatic rings. The second kappa shape index (κ2) is 5.81. The van der Waals surface area contributed by atoms with Crippen molar-refractivity contribution < 1.29 is 18.7 Å². The minimum absolute atomic E-state index is 0.187. The van der Waals surface area contributed by atoms with Gasteiger partial charge in [-0.1, -0.05) is 30.3 Å². The lowest BCUT2D eigenvalue weighted by Crippen LogP contribution is -1.98. The van der Waals surface area contributed by atoms with Gasteiger partial charge >= 0.3 is 5.97 Å². The fourth-order valence-electron chi connectivity index (χ4n) is 2.14. The molecule has 0 bridgehead atoms. The molecular weight excluding hydrogens is 285 g/mol. The highest BCUT2D eigenvalue weighted by molar-refractivity contribution is 5.90. The van der Waals surface area contributed by atoms with E-state index in [0.717, 1.165) is 0 Å². The van der Waals surface area contributed by atoms with Crippen molar-refractivity contribution in [1.29, 1.82) is 0 Å². The summed E-state index contributed by atoms with van der Waals surface area (Å²) in [5, 5.41) is 9.06. The Hall–Kier alpha value is -2.95. The Morgan fingerprint density at radius 3 is 2.64 bits per heavy atom. The first-order valence-corrected chi connectivity index (χ1v) is 6.66. The molecule has 0 fully saturated rings. The van der Waals surface area contributed by atoms with Crippen LogP contribution in [0.1, 0.15) is 17.9 Å². The van der Waals surface area contributed by atoms with Gasteiger partial charge in [-0.2, -0.15) is 0 Å². The predicted octanol–water partition coefficient (Wildman–Crippen LogP) is 3.98. The summed E-state index contributed by atoms with van der Waals surface area (Å²) >= 11 is 0. The molecule has 2 aromatic carbocycles. The molecule has 0 amide bonds. The van der Waals surface area contributed by atoms with Crippen molar-refractivity contribution in [1.82, 2.24) is 4.98 Å². The van der Waals surface area contributed by atoms with Gasteiger partial charge in [-0.25, -0.2) is 9.37 Å². The van der Waals surface area contributed by atoms with E-state index in [1.165, 1.54) is 12.1 Å². The van der Waals surface area contributed by atoms with E-state index in [1.807, 2.05) is 6.07 Å².